The van der Waals surface area contributed by atoms with Crippen molar-refractivity contribution in [3.63, 3.8) is 0 Å². The molecule has 51 nitrogen and oxygen atoms in total. The summed E-state index contributed by atoms with van der Waals surface area (Å²) in [7, 11) is 0. The Labute approximate surface area is 814 Å². The Balaban J connectivity index is 1.29. The highest BCUT2D eigenvalue weighted by Crippen LogP contribution is 2.46. The summed E-state index contributed by atoms with van der Waals surface area (Å²) in [6, 6.07) is -7.07. The molecule has 40 unspecified atom stereocenters. The summed E-state index contributed by atoms with van der Waals surface area (Å²) in [4.78, 5) is 107. The van der Waals surface area contributed by atoms with Gasteiger partial charge in [0.2, 0.25) is 23.6 Å². The van der Waals surface area contributed by atoms with Crippen molar-refractivity contribution >= 4 is 47.3 Å². The highest BCUT2D eigenvalue weighted by molar-refractivity contribution is 5.79. The molecule has 7 rings (SSSR count). The molecule has 0 radical (unpaired) electrons. The largest absolute Gasteiger partial charge is 0.477 e. The zero-order valence-corrected chi connectivity index (χ0v) is 80.2. The second-order valence-corrected chi connectivity index (χ2v) is 37.4. The number of unbranched alkanes of at least 4 members (excludes halogenated alkanes) is 19. The number of rotatable bonds is 61. The molecule has 7 saturated heterocycles. The van der Waals surface area contributed by atoms with Crippen molar-refractivity contribution in [1.82, 2.24) is 21.3 Å². The van der Waals surface area contributed by atoms with Gasteiger partial charge >= 0.3 is 17.9 Å². The molecule has 7 heterocycles. The maximum absolute atomic E-state index is 14.6. The van der Waals surface area contributed by atoms with Crippen LogP contribution in [0.3, 0.4) is 0 Å². The number of ether oxygens (including phenoxy) is 14. The maximum Gasteiger partial charge on any atom is 0.364 e. The summed E-state index contributed by atoms with van der Waals surface area (Å²) in [6.45, 7) is -2.15. The summed E-state index contributed by atoms with van der Waals surface area (Å²) < 4.78 is 84.7. The van der Waals surface area contributed by atoms with Gasteiger partial charge in [-0.1, -0.05) is 142 Å². The van der Waals surface area contributed by atoms with Crippen molar-refractivity contribution in [3.05, 3.63) is 12.2 Å². The van der Waals surface area contributed by atoms with E-state index in [0.717, 1.165) is 124 Å². The highest BCUT2D eigenvalue weighted by atomic mass is 16.8. The molecule has 816 valence electrons. The van der Waals surface area contributed by atoms with Crippen molar-refractivity contribution in [2.24, 2.45) is 5.92 Å². The quantitative estimate of drug-likeness (QED) is 0.0199. The van der Waals surface area contributed by atoms with Gasteiger partial charge in [-0.3, -0.25) is 19.2 Å². The molecular formula is C90H154N4O47. The summed E-state index contributed by atoms with van der Waals surface area (Å²) >= 11 is 0. The summed E-state index contributed by atoms with van der Waals surface area (Å²) in [5, 5.41) is 296. The first-order valence-corrected chi connectivity index (χ1v) is 48.6. The number of hydrogen-bond donors (Lipinski definition) is 29. The number of carbonyl (C=O) groups excluding carboxylic acids is 5. The maximum atomic E-state index is 14.6. The number of Topliss-reactive ketones (excluding diaryl/α,β-unsaturated/α-hetero) is 1. The first kappa shape index (κ1) is 122. The van der Waals surface area contributed by atoms with Crippen molar-refractivity contribution < 1.29 is 232 Å². The van der Waals surface area contributed by atoms with E-state index in [4.69, 9.17) is 66.3 Å². The van der Waals surface area contributed by atoms with Gasteiger partial charge in [-0.2, -0.15) is 0 Å². The molecule has 141 heavy (non-hydrogen) atoms. The smallest absolute Gasteiger partial charge is 0.364 e. The van der Waals surface area contributed by atoms with Crippen LogP contribution in [-0.2, 0) is 105 Å². The molecule has 4 amide bonds. The van der Waals surface area contributed by atoms with E-state index >= 15 is 0 Å². The van der Waals surface area contributed by atoms with Crippen LogP contribution in [0.1, 0.15) is 208 Å². The van der Waals surface area contributed by atoms with E-state index in [1.54, 1.807) is 6.08 Å². The van der Waals surface area contributed by atoms with E-state index in [2.05, 4.69) is 35.1 Å². The summed E-state index contributed by atoms with van der Waals surface area (Å²) in [5.74, 6) is -23.9. The standard InChI is InChI=1S/C90H154N4O47/c1-7-9-11-13-15-17-18-19-20-22-23-25-27-29-49(106)48(94-60(112)30-28-26-24-21-16-14-12-10-8-2)42-128-82-70(119)69(118)74(58(40-100)131-82)134-84-72(121)80(141-90(87(126)127)34-52(109)63(93-46(6)105)78(139-90)68(117)57(39-99)136-88(85(122)123)32-50(107)61(91-44(4)103)76(137-88)64(113)53(110)35-95)75(59(41-101)132-84)135-81-47(31-43(3)102)73(66(115)55(37-97)129-81)133-83-71(120)79(67(116)56(38-98)130-83)140-89(86(124)125)33-51(108)62(92-45(5)104)77(138-89)65(114)54(111)36-96/h27,29,47-59,61-84,95-101,106-111,113-121H,7-26,28,30-42H2,1-6H3,(H,91,103)(H,92,104)(H,93,105)(H,94,112)(H,122,123)(H,124,125)(H,126,127). The molecule has 0 spiro atoms. The monoisotopic (exact) mass is 2040 g/mol. The Morgan fingerprint density at radius 2 is 0.780 bits per heavy atom. The number of amides is 4. The molecule has 0 aromatic rings. The number of carbonyl (C=O) groups is 8. The second kappa shape index (κ2) is 58.9. The van der Waals surface area contributed by atoms with Gasteiger partial charge in [0.1, 0.15) is 146 Å². The van der Waals surface area contributed by atoms with Gasteiger partial charge in [0.15, 0.2) is 25.2 Å². The van der Waals surface area contributed by atoms with Gasteiger partial charge in [-0.15, -0.1) is 0 Å². The minimum absolute atomic E-state index is 0.0465. The molecule has 0 bridgehead atoms. The average Bonchev–Trinajstić information content (AvgIpc) is 0.749. The molecule has 0 aliphatic carbocycles. The lowest BCUT2D eigenvalue weighted by Gasteiger charge is -2.53. The summed E-state index contributed by atoms with van der Waals surface area (Å²) in [5.41, 5.74) is 0. The normalized spacial score (nSPS) is 36.5. The molecule has 0 saturated carbocycles. The number of aliphatic carboxylic acids is 3. The van der Waals surface area contributed by atoms with Crippen molar-refractivity contribution in [2.45, 2.75) is 446 Å². The van der Waals surface area contributed by atoms with Gasteiger partial charge in [-0.05, 0) is 26.2 Å². The zero-order chi connectivity index (χ0) is 105. The van der Waals surface area contributed by atoms with Gasteiger partial charge < -0.3 is 220 Å². The molecule has 0 aromatic heterocycles. The van der Waals surface area contributed by atoms with Crippen molar-refractivity contribution in [3.8, 4) is 0 Å². The predicted molar refractivity (Wildman–Crippen MR) is 475 cm³/mol. The zero-order valence-electron chi connectivity index (χ0n) is 80.2. The minimum Gasteiger partial charge on any atom is -0.477 e. The lowest BCUT2D eigenvalue weighted by Crippen LogP contribution is -2.72. The molecule has 7 aliphatic rings. The number of carboxylic acids is 3. The topological polar surface area (TPSA) is 820 Å². The molecule has 51 heteroatoms. The molecule has 29 N–H and O–H groups in total. The lowest BCUT2D eigenvalue weighted by atomic mass is 9.86. The number of hydrogen-bond acceptors (Lipinski definition) is 44. The third-order valence-electron chi connectivity index (χ3n) is 26.4. The number of nitrogens with one attached hydrogen (secondary N) is 4. The van der Waals surface area contributed by atoms with Crippen LogP contribution in [0.2, 0.25) is 0 Å². The van der Waals surface area contributed by atoms with Gasteiger partial charge in [0, 0.05) is 58.8 Å². The fourth-order valence-electron chi connectivity index (χ4n) is 18.7. The van der Waals surface area contributed by atoms with Crippen molar-refractivity contribution in [2.75, 3.05) is 52.9 Å². The van der Waals surface area contributed by atoms with Crippen molar-refractivity contribution in [1.29, 1.82) is 0 Å². The minimum atomic E-state index is -3.79. The Hall–Kier alpha value is -5.74. The van der Waals surface area contributed by atoms with E-state index in [1.807, 2.05) is 0 Å². The fraction of sp³-hybridized carbons (Fsp3) is 0.889. The highest BCUT2D eigenvalue weighted by Gasteiger charge is 2.66. The number of allylic oxidation sites excluding steroid dienone is 1. The Kier molecular flexibility index (Phi) is 51.0. The Bertz CT molecular complexity index is 3800. The fourth-order valence-corrected chi connectivity index (χ4v) is 18.7. The predicted octanol–water partition coefficient (Wildman–Crippen LogP) is -7.94. The second-order valence-electron chi connectivity index (χ2n) is 37.4. The Morgan fingerprint density at radius 3 is 1.21 bits per heavy atom. The van der Waals surface area contributed by atoms with Crippen LogP contribution in [-0.4, -0.2) is 465 Å². The van der Waals surface area contributed by atoms with E-state index in [-0.39, 0.29) is 6.42 Å². The number of ketones is 1. The summed E-state index contributed by atoms with van der Waals surface area (Å²) in [6.07, 6.45) is -56.0. The van der Waals surface area contributed by atoms with Gasteiger partial charge in [-0.25, -0.2) is 14.4 Å². The molecular weight excluding hydrogens is 1890 g/mol. The van der Waals surface area contributed by atoms with E-state index in [9.17, 15) is 166 Å². The van der Waals surface area contributed by atoms with Crippen LogP contribution >= 0.6 is 0 Å². The van der Waals surface area contributed by atoms with Crippen LogP contribution in [0.4, 0.5) is 0 Å². The third-order valence-corrected chi connectivity index (χ3v) is 26.4. The number of carboxylic acid groups (broad SMARTS) is 3. The first-order valence-electron chi connectivity index (χ1n) is 48.6. The van der Waals surface area contributed by atoms with Crippen LogP contribution in [0, 0.1) is 5.92 Å². The Morgan fingerprint density at radius 1 is 0.404 bits per heavy atom. The van der Waals surface area contributed by atoms with E-state index in [1.165, 1.54) is 31.8 Å². The van der Waals surface area contributed by atoms with Gasteiger partial charge in [0.05, 0.1) is 108 Å². The van der Waals surface area contributed by atoms with Crippen LogP contribution in [0.5, 0.6) is 0 Å². The van der Waals surface area contributed by atoms with Crippen LogP contribution < -0.4 is 21.3 Å². The lowest BCUT2D eigenvalue weighted by molar-refractivity contribution is -0.409. The number of aliphatic hydroxyl groups is 22. The average molecular weight is 2040 g/mol. The SMILES string of the molecule is CCCCCCCCCCCCCC=CC(O)C(COC1OC(CO)C(OC2OC(CO)C(OC3OC(CO)C(O)C(OC4OC(CO)C(O)C(OC5(C(=O)O)CC(O)C(NC(C)=O)C(C(O)C(O)CO)O5)C4O)C3CC(C)=O)C(OC3(C(=O)O)CC(O)C(NC(C)=O)C(C(O)C(CO)OC4(C(=O)O)CC(O)C(NC(C)=O)C(C(O)C(O)CO)O4)O3)C2O)C(O)C1O)NC(=O)CCCCCCCCCCC. The first-order chi connectivity index (χ1) is 66.9. The molecule has 7 aliphatic heterocycles. The van der Waals surface area contributed by atoms with Gasteiger partial charge in [0.25, 0.3) is 17.4 Å². The third kappa shape index (κ3) is 33.1. The molecule has 7 fully saturated rings. The van der Waals surface area contributed by atoms with Crippen LogP contribution in [0.15, 0.2) is 12.2 Å². The van der Waals surface area contributed by atoms with Crippen LogP contribution in [0.25, 0.3) is 0 Å². The molecule has 40 atom stereocenters. The van der Waals surface area contributed by atoms with E-state index in [0.29, 0.717) is 12.8 Å². The molecule has 0 aromatic carbocycles. The number of aliphatic hydroxyl groups excluding tert-OH is 22. The van der Waals surface area contributed by atoms with E-state index < -0.39 is 369 Å².